The van der Waals surface area contributed by atoms with Crippen LogP contribution in [0.3, 0.4) is 0 Å². The number of aliphatic hydroxyl groups is 1. The highest BCUT2D eigenvalue weighted by atomic mass is 19.1. The van der Waals surface area contributed by atoms with Crippen molar-refractivity contribution in [3.05, 3.63) is 125 Å². The summed E-state index contributed by atoms with van der Waals surface area (Å²) in [6.07, 6.45) is 5.55. The van der Waals surface area contributed by atoms with Crippen LogP contribution in [0.25, 0.3) is 28.0 Å². The Hall–Kier alpha value is -4.85. The molecule has 1 aliphatic carbocycles. The largest absolute Gasteiger partial charge is 0.495 e. The number of hydrogen-bond donors (Lipinski definition) is 1. The summed E-state index contributed by atoms with van der Waals surface area (Å²) in [5, 5.41) is 12.4. The Morgan fingerprint density at radius 3 is 2.22 bits per heavy atom. The highest BCUT2D eigenvalue weighted by molar-refractivity contribution is 6.10. The van der Waals surface area contributed by atoms with Gasteiger partial charge in [-0.1, -0.05) is 68.5 Å². The summed E-state index contributed by atoms with van der Waals surface area (Å²) >= 11 is 0. The monoisotopic (exact) mass is 682 g/mol. The normalized spacial score (nSPS) is 20.9. The van der Waals surface area contributed by atoms with E-state index < -0.39 is 5.60 Å². The van der Waals surface area contributed by atoms with E-state index in [1.54, 1.807) is 7.11 Å². The van der Waals surface area contributed by atoms with E-state index in [2.05, 4.69) is 96.5 Å². The Balaban J connectivity index is 1.29. The van der Waals surface area contributed by atoms with Crippen molar-refractivity contribution in [2.45, 2.75) is 43.8 Å². The average molecular weight is 683 g/mol. The zero-order valence-corrected chi connectivity index (χ0v) is 29.4. The molecule has 1 atom stereocenters. The maximum Gasteiger partial charge on any atom is 0.178 e. The lowest BCUT2D eigenvalue weighted by molar-refractivity contribution is 0.122. The number of benzene rings is 5. The van der Waals surface area contributed by atoms with E-state index in [1.807, 2.05) is 12.1 Å². The van der Waals surface area contributed by atoms with Crippen LogP contribution in [0.4, 0.5) is 15.8 Å². The maximum absolute atomic E-state index is 14.4. The number of rotatable bonds is 5. The van der Waals surface area contributed by atoms with Crippen LogP contribution in [0, 0.1) is 5.82 Å². The van der Waals surface area contributed by atoms with Gasteiger partial charge in [-0.2, -0.15) is 0 Å². The van der Waals surface area contributed by atoms with Crippen molar-refractivity contribution >= 4 is 28.2 Å². The molecule has 0 radical (unpaired) electrons. The predicted molar refractivity (Wildman–Crippen MR) is 202 cm³/mol. The molecule has 3 heterocycles. The summed E-state index contributed by atoms with van der Waals surface area (Å²) in [5.41, 5.74) is 8.70. The molecule has 3 aliphatic heterocycles. The molecule has 6 nitrogen and oxygen atoms in total. The predicted octanol–water partition coefficient (Wildman–Crippen LogP) is 8.44. The van der Waals surface area contributed by atoms with Gasteiger partial charge in [-0.15, -0.1) is 0 Å². The highest BCUT2D eigenvalue weighted by Gasteiger charge is 2.44. The van der Waals surface area contributed by atoms with Crippen molar-refractivity contribution in [1.29, 1.82) is 0 Å². The summed E-state index contributed by atoms with van der Waals surface area (Å²) in [7, 11) is 1.72. The Morgan fingerprint density at radius 1 is 0.824 bits per heavy atom. The van der Waals surface area contributed by atoms with E-state index in [0.717, 1.165) is 89.4 Å². The number of nitrogens with zero attached hydrogens (tertiary/aromatic N) is 2. The minimum absolute atomic E-state index is 0.278. The van der Waals surface area contributed by atoms with Crippen LogP contribution < -0.4 is 19.3 Å². The zero-order chi connectivity index (χ0) is 34.9. The van der Waals surface area contributed by atoms with E-state index in [0.29, 0.717) is 13.2 Å². The molecule has 1 unspecified atom stereocenters. The first-order chi connectivity index (χ1) is 24.8. The number of hydrogen-bond acceptors (Lipinski definition) is 6. The summed E-state index contributed by atoms with van der Waals surface area (Å²) in [5.74, 6) is 1.27. The lowest BCUT2D eigenvalue weighted by Crippen LogP contribution is -2.37. The molecule has 5 aromatic rings. The zero-order valence-electron chi connectivity index (χ0n) is 29.4. The minimum Gasteiger partial charge on any atom is -0.495 e. The van der Waals surface area contributed by atoms with Gasteiger partial charge in [-0.05, 0) is 83.0 Å². The first-order valence-corrected chi connectivity index (χ1v) is 18.1. The summed E-state index contributed by atoms with van der Waals surface area (Å²) in [6, 6.07) is 28.4. The lowest BCUT2D eigenvalue weighted by atomic mass is 9.76. The van der Waals surface area contributed by atoms with E-state index in [9.17, 15) is 9.50 Å². The van der Waals surface area contributed by atoms with E-state index in [1.165, 1.54) is 34.4 Å². The fourth-order valence-corrected chi connectivity index (χ4v) is 8.90. The van der Waals surface area contributed by atoms with Crippen LogP contribution in [0.1, 0.15) is 54.5 Å². The molecule has 4 aliphatic rings. The van der Waals surface area contributed by atoms with Gasteiger partial charge in [0.15, 0.2) is 5.60 Å². The lowest BCUT2D eigenvalue weighted by Gasteiger charge is -2.39. The van der Waals surface area contributed by atoms with Crippen LogP contribution >= 0.6 is 0 Å². The van der Waals surface area contributed by atoms with Gasteiger partial charge in [0.25, 0.3) is 0 Å². The van der Waals surface area contributed by atoms with E-state index in [-0.39, 0.29) is 17.3 Å². The second-order valence-electron chi connectivity index (χ2n) is 14.8. The first-order valence-electron chi connectivity index (χ1n) is 18.1. The van der Waals surface area contributed by atoms with Gasteiger partial charge in [0.05, 0.1) is 32.1 Å². The van der Waals surface area contributed by atoms with Gasteiger partial charge in [0.1, 0.15) is 17.3 Å². The van der Waals surface area contributed by atoms with Crippen LogP contribution in [-0.4, -0.2) is 57.7 Å². The Morgan fingerprint density at radius 2 is 1.51 bits per heavy atom. The molecule has 0 spiro atoms. The third kappa shape index (κ3) is 5.04. The van der Waals surface area contributed by atoms with Crippen molar-refractivity contribution in [2.75, 3.05) is 56.3 Å². The molecule has 0 amide bonds. The fraction of sp³-hybridized carbons (Fsp3) is 0.318. The molecule has 1 N–H and O–H groups in total. The van der Waals surface area contributed by atoms with Crippen LogP contribution in [-0.2, 0) is 15.8 Å². The smallest absolute Gasteiger partial charge is 0.178 e. The van der Waals surface area contributed by atoms with E-state index >= 15 is 0 Å². The van der Waals surface area contributed by atoms with E-state index in [4.69, 9.17) is 14.2 Å². The van der Waals surface area contributed by atoms with Crippen molar-refractivity contribution < 1.29 is 23.7 Å². The van der Waals surface area contributed by atoms with Gasteiger partial charge in [-0.25, -0.2) is 4.39 Å². The van der Waals surface area contributed by atoms with Gasteiger partial charge >= 0.3 is 0 Å². The number of ether oxygens (including phenoxy) is 3. The number of aliphatic hydroxyl groups excluding tert-OH is 1. The molecular weight excluding hydrogens is 639 g/mol. The molecule has 0 aromatic heterocycles. The highest BCUT2D eigenvalue weighted by Crippen LogP contribution is 2.59. The molecule has 51 heavy (non-hydrogen) atoms. The summed E-state index contributed by atoms with van der Waals surface area (Å²) in [6.45, 7) is 9.25. The van der Waals surface area contributed by atoms with Gasteiger partial charge < -0.3 is 29.1 Å². The van der Waals surface area contributed by atoms with Gasteiger partial charge in [0.2, 0.25) is 0 Å². The van der Waals surface area contributed by atoms with Crippen molar-refractivity contribution in [3.63, 3.8) is 0 Å². The third-order valence-electron chi connectivity index (χ3n) is 11.6. The number of morpholine rings is 1. The Kier molecular flexibility index (Phi) is 7.64. The third-order valence-corrected chi connectivity index (χ3v) is 11.6. The molecule has 2 saturated heterocycles. The van der Waals surface area contributed by atoms with Crippen LogP contribution in [0.5, 0.6) is 11.5 Å². The molecule has 2 fully saturated rings. The summed E-state index contributed by atoms with van der Waals surface area (Å²) < 4.78 is 33.7. The van der Waals surface area contributed by atoms with Crippen molar-refractivity contribution in [2.24, 2.45) is 0 Å². The second-order valence-corrected chi connectivity index (χ2v) is 14.8. The number of methoxy groups -OCH3 is 1. The topological polar surface area (TPSA) is 54.4 Å². The Labute approximate surface area is 298 Å². The molecule has 0 bridgehead atoms. The number of halogens is 1. The standard InChI is InChI=1S/C44H43FN2O4/c1-43(2)37-7-5-4-6-33(37)40-35-26-38(47-20-17-32(48)18-21-47)39(49-3)27-36(35)42-34(41(40)43)16-19-44(51-42,28-8-12-30(45)13-9-28)29-10-14-31(15-11-29)46-22-24-50-25-23-46/h4-16,19,26-27,32,48H,17-18,20-25H2,1-3H3. The number of anilines is 2. The first kappa shape index (κ1) is 32.1. The average Bonchev–Trinajstić information content (AvgIpc) is 3.42. The van der Waals surface area contributed by atoms with Crippen LogP contribution in [0.2, 0.25) is 0 Å². The van der Waals surface area contributed by atoms with Crippen molar-refractivity contribution in [1.82, 2.24) is 0 Å². The Bertz CT molecular complexity index is 2160. The molecule has 0 saturated carbocycles. The van der Waals surface area contributed by atoms with Gasteiger partial charge in [0, 0.05) is 59.4 Å². The fourth-order valence-electron chi connectivity index (χ4n) is 8.90. The molecule has 5 aromatic carbocycles. The quantitative estimate of drug-likeness (QED) is 0.201. The molecule has 9 rings (SSSR count). The van der Waals surface area contributed by atoms with Gasteiger partial charge in [-0.3, -0.25) is 0 Å². The summed E-state index contributed by atoms with van der Waals surface area (Å²) in [4.78, 5) is 4.68. The maximum atomic E-state index is 14.4. The van der Waals surface area contributed by atoms with Crippen LogP contribution in [0.15, 0.2) is 91.0 Å². The van der Waals surface area contributed by atoms with Crippen molar-refractivity contribution in [3.8, 4) is 22.6 Å². The molecule has 7 heteroatoms. The second kappa shape index (κ2) is 12.1. The minimum atomic E-state index is -1.02. The SMILES string of the molecule is COc1cc2c3c(c4c(c2cc1N1CCC(O)CC1)-c1ccccc1C4(C)C)C=CC(c1ccc(F)cc1)(c1ccc(N2CCOCC2)cc1)O3. The molecule has 260 valence electrons. The number of piperidine rings is 1. The molecular formula is C44H43FN2O4. The number of fused-ring (bicyclic) bond motifs is 8.